The van der Waals surface area contributed by atoms with Crippen molar-refractivity contribution in [2.75, 3.05) is 25.0 Å². The van der Waals surface area contributed by atoms with E-state index in [0.717, 1.165) is 45.0 Å². The molecule has 2 amide bonds. The number of carbonyl (C=O) groups excluding carboxylic acids is 1. The monoisotopic (exact) mass is 494 g/mol. The summed E-state index contributed by atoms with van der Waals surface area (Å²) in [6.45, 7) is 4.68. The third-order valence-electron chi connectivity index (χ3n) is 7.19. The van der Waals surface area contributed by atoms with Gasteiger partial charge >= 0.3 is 6.03 Å². The lowest BCUT2D eigenvalue weighted by molar-refractivity contribution is 0.118. The summed E-state index contributed by atoms with van der Waals surface area (Å²) in [5, 5.41) is 6.48. The van der Waals surface area contributed by atoms with Crippen LogP contribution in [-0.4, -0.2) is 51.0 Å². The molecule has 1 spiro atoms. The molecule has 34 heavy (non-hydrogen) atoms. The van der Waals surface area contributed by atoms with Gasteiger partial charge in [-0.3, -0.25) is 0 Å². The molecule has 2 atom stereocenters. The van der Waals surface area contributed by atoms with Crippen LogP contribution in [0.15, 0.2) is 18.2 Å². The highest BCUT2D eigenvalue weighted by molar-refractivity contribution is 6.28. The number of urea groups is 1. The Bertz CT molecular complexity index is 1100. The number of carbonyl (C=O) groups is 1. The maximum absolute atomic E-state index is 14.7. The number of nitrogens with one attached hydrogen (secondary N) is 2. The molecule has 2 N–H and O–H groups in total. The molecule has 5 rings (SSSR count). The second-order valence-electron chi connectivity index (χ2n) is 9.23. The Labute approximate surface area is 200 Å². The van der Waals surface area contributed by atoms with Gasteiger partial charge in [0.15, 0.2) is 0 Å². The fourth-order valence-electron chi connectivity index (χ4n) is 5.42. The number of amides is 2. The highest BCUT2D eigenvalue weighted by atomic mass is 35.5. The highest BCUT2D eigenvalue weighted by Gasteiger charge is 2.47. The third-order valence-corrected chi connectivity index (χ3v) is 7.36. The topological polar surface area (TPSA) is 73.4 Å². The van der Waals surface area contributed by atoms with E-state index < -0.39 is 23.8 Å². The van der Waals surface area contributed by atoms with E-state index in [-0.39, 0.29) is 22.4 Å². The van der Waals surface area contributed by atoms with E-state index in [4.69, 9.17) is 11.6 Å². The second kappa shape index (κ2) is 8.88. The van der Waals surface area contributed by atoms with E-state index in [1.165, 1.54) is 12.1 Å². The molecule has 0 aliphatic carbocycles. The van der Waals surface area contributed by atoms with Gasteiger partial charge in [0.1, 0.15) is 11.6 Å². The number of benzene rings is 1. The standard InChI is InChI=1S/C23H26ClF3N6O/c1-13(14-4-2-5-15(18(14)25)19(26)27)29-20-16-10-32(11-17(16)30-21(24)31-20)22(34)33-9-3-6-23(33)7-8-28-12-23/h2,4-5,13,19,28H,3,6-12H2,1H3,(H,29,30,31)/t13-,23?/m1/s1. The molecule has 0 radical (unpaired) electrons. The Morgan fingerprint density at radius 2 is 2.03 bits per heavy atom. The molecule has 11 heteroatoms. The molecule has 182 valence electrons. The predicted octanol–water partition coefficient (Wildman–Crippen LogP) is 4.64. The van der Waals surface area contributed by atoms with E-state index in [1.807, 2.05) is 4.90 Å². The molecular weight excluding hydrogens is 469 g/mol. The van der Waals surface area contributed by atoms with Crippen LogP contribution in [0.3, 0.4) is 0 Å². The fraction of sp³-hybridized carbons (Fsp3) is 0.522. The quantitative estimate of drug-likeness (QED) is 0.606. The summed E-state index contributed by atoms with van der Waals surface area (Å²) in [5.74, 6) is -0.575. The van der Waals surface area contributed by atoms with Gasteiger partial charge in [-0.25, -0.2) is 27.9 Å². The fourth-order valence-corrected chi connectivity index (χ4v) is 5.60. The van der Waals surface area contributed by atoms with Crippen LogP contribution < -0.4 is 10.6 Å². The van der Waals surface area contributed by atoms with Crippen molar-refractivity contribution in [1.29, 1.82) is 0 Å². The molecule has 1 unspecified atom stereocenters. The van der Waals surface area contributed by atoms with Crippen molar-refractivity contribution < 1.29 is 18.0 Å². The number of halogens is 4. The van der Waals surface area contributed by atoms with Crippen LogP contribution >= 0.6 is 11.6 Å². The lowest BCUT2D eigenvalue weighted by atomic mass is 9.95. The van der Waals surface area contributed by atoms with Gasteiger partial charge < -0.3 is 20.4 Å². The van der Waals surface area contributed by atoms with Gasteiger partial charge in [0.25, 0.3) is 6.43 Å². The minimum atomic E-state index is -2.91. The zero-order valence-electron chi connectivity index (χ0n) is 18.8. The normalized spacial score (nSPS) is 22.6. The molecule has 2 aromatic rings. The van der Waals surface area contributed by atoms with Crippen molar-refractivity contribution in [1.82, 2.24) is 25.1 Å². The smallest absolute Gasteiger partial charge is 0.321 e. The van der Waals surface area contributed by atoms with Crippen LogP contribution in [0.1, 0.15) is 61.0 Å². The molecule has 2 fully saturated rings. The van der Waals surface area contributed by atoms with Gasteiger partial charge in [-0.15, -0.1) is 0 Å². The zero-order chi connectivity index (χ0) is 24.0. The summed E-state index contributed by atoms with van der Waals surface area (Å²) >= 11 is 6.15. The minimum absolute atomic E-state index is 0.00203. The van der Waals surface area contributed by atoms with Crippen LogP contribution in [-0.2, 0) is 13.1 Å². The molecule has 7 nitrogen and oxygen atoms in total. The van der Waals surface area contributed by atoms with Crippen LogP contribution in [0.2, 0.25) is 5.28 Å². The van der Waals surface area contributed by atoms with E-state index >= 15 is 0 Å². The highest BCUT2D eigenvalue weighted by Crippen LogP contribution is 2.38. The molecule has 0 saturated carbocycles. The first kappa shape index (κ1) is 23.2. The van der Waals surface area contributed by atoms with Gasteiger partial charge in [-0.2, -0.15) is 0 Å². The minimum Gasteiger partial charge on any atom is -0.363 e. The van der Waals surface area contributed by atoms with Crippen molar-refractivity contribution in [3.05, 3.63) is 51.7 Å². The van der Waals surface area contributed by atoms with Crippen molar-refractivity contribution in [3.8, 4) is 0 Å². The first-order valence-electron chi connectivity index (χ1n) is 11.4. The lowest BCUT2D eigenvalue weighted by Gasteiger charge is -2.36. The van der Waals surface area contributed by atoms with Crippen molar-refractivity contribution >= 4 is 23.4 Å². The average molecular weight is 495 g/mol. The van der Waals surface area contributed by atoms with Crippen LogP contribution in [0.4, 0.5) is 23.8 Å². The van der Waals surface area contributed by atoms with Crippen molar-refractivity contribution in [3.63, 3.8) is 0 Å². The first-order chi connectivity index (χ1) is 16.3. The number of hydrogen-bond donors (Lipinski definition) is 2. The summed E-state index contributed by atoms with van der Waals surface area (Å²) in [4.78, 5) is 25.8. The van der Waals surface area contributed by atoms with Crippen molar-refractivity contribution in [2.45, 2.75) is 57.3 Å². The molecule has 0 bridgehead atoms. The zero-order valence-corrected chi connectivity index (χ0v) is 19.5. The Morgan fingerprint density at radius 1 is 1.24 bits per heavy atom. The Morgan fingerprint density at radius 3 is 2.76 bits per heavy atom. The summed E-state index contributed by atoms with van der Waals surface area (Å²) in [6.07, 6.45) is 0.00567. The van der Waals surface area contributed by atoms with E-state index in [1.54, 1.807) is 11.8 Å². The number of aromatic nitrogens is 2. The Balaban J connectivity index is 1.37. The summed E-state index contributed by atoms with van der Waals surface area (Å²) in [5.41, 5.74) is 0.656. The molecule has 1 aromatic carbocycles. The number of fused-ring (bicyclic) bond motifs is 1. The number of likely N-dealkylation sites (tertiary alicyclic amines) is 1. The van der Waals surface area contributed by atoms with Crippen LogP contribution in [0.5, 0.6) is 0 Å². The lowest BCUT2D eigenvalue weighted by Crippen LogP contribution is -2.52. The van der Waals surface area contributed by atoms with Gasteiger partial charge in [-0.1, -0.05) is 18.2 Å². The van der Waals surface area contributed by atoms with Crippen molar-refractivity contribution in [2.24, 2.45) is 0 Å². The van der Waals surface area contributed by atoms with E-state index in [9.17, 15) is 18.0 Å². The maximum atomic E-state index is 14.7. The Hall–Kier alpha value is -2.59. The molecule has 4 heterocycles. The summed E-state index contributed by atoms with van der Waals surface area (Å²) < 4.78 is 41.0. The largest absolute Gasteiger partial charge is 0.363 e. The van der Waals surface area contributed by atoms with Gasteiger partial charge in [0.05, 0.1) is 35.9 Å². The summed E-state index contributed by atoms with van der Waals surface area (Å²) in [6, 6.07) is 3.24. The van der Waals surface area contributed by atoms with Gasteiger partial charge in [0, 0.05) is 24.2 Å². The van der Waals surface area contributed by atoms with E-state index in [2.05, 4.69) is 20.6 Å². The third kappa shape index (κ3) is 3.96. The predicted molar refractivity (Wildman–Crippen MR) is 121 cm³/mol. The first-order valence-corrected chi connectivity index (χ1v) is 11.8. The van der Waals surface area contributed by atoms with Gasteiger partial charge in [0.2, 0.25) is 5.28 Å². The number of alkyl halides is 2. The molecule has 2 saturated heterocycles. The average Bonchev–Trinajstić information content (AvgIpc) is 3.54. The second-order valence-corrected chi connectivity index (χ2v) is 9.57. The summed E-state index contributed by atoms with van der Waals surface area (Å²) in [7, 11) is 0. The number of anilines is 1. The molecule has 3 aliphatic rings. The SMILES string of the molecule is C[C@@H](Nc1nc(Cl)nc2c1CN(C(=O)N1CCCC13CCNC3)C2)c1cccc(C(F)F)c1F. The number of nitrogens with zero attached hydrogens (tertiary/aromatic N) is 4. The maximum Gasteiger partial charge on any atom is 0.321 e. The molecule has 3 aliphatic heterocycles. The van der Waals surface area contributed by atoms with Crippen LogP contribution in [0, 0.1) is 5.82 Å². The molecule has 1 aromatic heterocycles. The number of rotatable bonds is 4. The van der Waals surface area contributed by atoms with Gasteiger partial charge in [-0.05, 0) is 44.3 Å². The van der Waals surface area contributed by atoms with E-state index in [0.29, 0.717) is 30.2 Å². The number of hydrogen-bond acceptors (Lipinski definition) is 5. The molecular formula is C23H26ClF3N6O. The van der Waals surface area contributed by atoms with Crippen LogP contribution in [0.25, 0.3) is 0 Å². The Kier molecular flexibility index (Phi) is 6.05.